The lowest BCUT2D eigenvalue weighted by Crippen LogP contribution is -2.38. The molecule has 0 aromatic heterocycles. The highest BCUT2D eigenvalue weighted by atomic mass is 35.5. The minimum atomic E-state index is 0. The maximum atomic E-state index is 11.7. The van der Waals surface area contributed by atoms with E-state index in [0.717, 1.165) is 25.9 Å². The molecule has 1 saturated carbocycles. The average Bonchev–Trinajstić information content (AvgIpc) is 2.78. The summed E-state index contributed by atoms with van der Waals surface area (Å²) in [6.45, 7) is 2.04. The van der Waals surface area contributed by atoms with Gasteiger partial charge in [0.1, 0.15) is 0 Å². The largest absolute Gasteiger partial charge is 0.341 e. The Bertz CT molecular complexity index is 200. The van der Waals surface area contributed by atoms with Crippen LogP contribution in [0.25, 0.3) is 0 Å². The Labute approximate surface area is 91.6 Å². The monoisotopic (exact) mass is 218 g/mol. The molecule has 0 spiro atoms. The molecule has 0 radical (unpaired) electrons. The maximum absolute atomic E-state index is 11.7. The van der Waals surface area contributed by atoms with Crippen LogP contribution in [0.5, 0.6) is 0 Å². The molecule has 1 heterocycles. The summed E-state index contributed by atoms with van der Waals surface area (Å²) in [4.78, 5) is 13.6. The summed E-state index contributed by atoms with van der Waals surface area (Å²) in [5.74, 6) is 1.06. The summed E-state index contributed by atoms with van der Waals surface area (Å²) in [6, 6.07) is 0.450. The number of amides is 1. The van der Waals surface area contributed by atoms with Crippen molar-refractivity contribution in [1.29, 1.82) is 0 Å². The van der Waals surface area contributed by atoms with E-state index in [1.807, 2.05) is 11.9 Å². The standard InChI is InChI=1S/C10H18N2O.ClH/c1-12(9-4-5-11-7-9)10(13)6-8-2-3-8;/h8-9,11H,2-7H2,1H3;1H/t9-;/m0./s1. The first kappa shape index (κ1) is 11.8. The zero-order valence-corrected chi connectivity index (χ0v) is 9.48. The van der Waals surface area contributed by atoms with Crippen molar-refractivity contribution < 1.29 is 4.79 Å². The average molecular weight is 219 g/mol. The van der Waals surface area contributed by atoms with Crippen LogP contribution in [0.4, 0.5) is 0 Å². The Morgan fingerprint density at radius 2 is 2.14 bits per heavy atom. The quantitative estimate of drug-likeness (QED) is 0.768. The molecule has 4 heteroatoms. The van der Waals surface area contributed by atoms with E-state index < -0.39 is 0 Å². The van der Waals surface area contributed by atoms with Gasteiger partial charge >= 0.3 is 0 Å². The Morgan fingerprint density at radius 1 is 1.43 bits per heavy atom. The smallest absolute Gasteiger partial charge is 0.222 e. The lowest BCUT2D eigenvalue weighted by Gasteiger charge is -2.23. The molecule has 1 atom stereocenters. The Balaban J connectivity index is 0.000000980. The van der Waals surface area contributed by atoms with Crippen LogP contribution in [-0.2, 0) is 4.79 Å². The van der Waals surface area contributed by atoms with Crippen LogP contribution in [0.2, 0.25) is 0 Å². The van der Waals surface area contributed by atoms with Crippen LogP contribution in [0, 0.1) is 5.92 Å². The molecule has 2 fully saturated rings. The van der Waals surface area contributed by atoms with Crippen LogP contribution >= 0.6 is 12.4 Å². The van der Waals surface area contributed by atoms with Gasteiger partial charge in [0.15, 0.2) is 0 Å². The molecule has 0 aromatic carbocycles. The predicted molar refractivity (Wildman–Crippen MR) is 58.6 cm³/mol. The van der Waals surface area contributed by atoms with Gasteiger partial charge in [0, 0.05) is 26.1 Å². The zero-order chi connectivity index (χ0) is 9.26. The van der Waals surface area contributed by atoms with Gasteiger partial charge in [0.05, 0.1) is 0 Å². The number of hydrogen-bond acceptors (Lipinski definition) is 2. The highest BCUT2D eigenvalue weighted by Crippen LogP contribution is 2.33. The summed E-state index contributed by atoms with van der Waals surface area (Å²) >= 11 is 0. The van der Waals surface area contributed by atoms with Crippen molar-refractivity contribution in [3.8, 4) is 0 Å². The number of carbonyl (C=O) groups excluding carboxylic acids is 1. The van der Waals surface area contributed by atoms with E-state index in [-0.39, 0.29) is 12.4 Å². The second kappa shape index (κ2) is 4.99. The molecule has 1 N–H and O–H groups in total. The van der Waals surface area contributed by atoms with E-state index in [1.165, 1.54) is 12.8 Å². The van der Waals surface area contributed by atoms with E-state index in [9.17, 15) is 4.79 Å². The fourth-order valence-corrected chi connectivity index (χ4v) is 1.89. The third-order valence-corrected chi connectivity index (χ3v) is 3.14. The molecule has 2 rings (SSSR count). The van der Waals surface area contributed by atoms with Crippen molar-refractivity contribution in [3.63, 3.8) is 0 Å². The molecule has 14 heavy (non-hydrogen) atoms. The van der Waals surface area contributed by atoms with Gasteiger partial charge in [-0.15, -0.1) is 12.4 Å². The van der Waals surface area contributed by atoms with Gasteiger partial charge in [-0.05, 0) is 31.7 Å². The molecule has 1 aliphatic heterocycles. The zero-order valence-electron chi connectivity index (χ0n) is 8.66. The van der Waals surface area contributed by atoms with Gasteiger partial charge < -0.3 is 10.2 Å². The van der Waals surface area contributed by atoms with Crippen LogP contribution in [0.3, 0.4) is 0 Å². The Kier molecular flexibility index (Phi) is 4.20. The van der Waals surface area contributed by atoms with E-state index in [1.54, 1.807) is 0 Å². The molecule has 1 amide bonds. The topological polar surface area (TPSA) is 32.3 Å². The molecular formula is C10H19ClN2O. The van der Waals surface area contributed by atoms with Crippen molar-refractivity contribution in [3.05, 3.63) is 0 Å². The molecule has 2 aliphatic rings. The van der Waals surface area contributed by atoms with E-state index in [2.05, 4.69) is 5.32 Å². The van der Waals surface area contributed by atoms with Gasteiger partial charge in [0.2, 0.25) is 5.91 Å². The van der Waals surface area contributed by atoms with Gasteiger partial charge in [-0.1, -0.05) is 0 Å². The van der Waals surface area contributed by atoms with Crippen molar-refractivity contribution in [2.45, 2.75) is 31.7 Å². The summed E-state index contributed by atoms with van der Waals surface area (Å²) in [5, 5.41) is 3.28. The Hall–Kier alpha value is -0.280. The first-order valence-electron chi connectivity index (χ1n) is 5.24. The van der Waals surface area contributed by atoms with Crippen LogP contribution in [-0.4, -0.2) is 37.0 Å². The minimum absolute atomic E-state index is 0. The maximum Gasteiger partial charge on any atom is 0.222 e. The number of rotatable bonds is 3. The van der Waals surface area contributed by atoms with Gasteiger partial charge in [-0.3, -0.25) is 4.79 Å². The van der Waals surface area contributed by atoms with Gasteiger partial charge in [-0.2, -0.15) is 0 Å². The van der Waals surface area contributed by atoms with Gasteiger partial charge in [-0.25, -0.2) is 0 Å². The summed E-state index contributed by atoms with van der Waals surface area (Å²) in [7, 11) is 1.95. The molecular weight excluding hydrogens is 200 g/mol. The summed E-state index contributed by atoms with van der Waals surface area (Å²) in [6.07, 6.45) is 4.44. The van der Waals surface area contributed by atoms with Crippen molar-refractivity contribution >= 4 is 18.3 Å². The van der Waals surface area contributed by atoms with Crippen molar-refractivity contribution in [2.75, 3.05) is 20.1 Å². The second-order valence-corrected chi connectivity index (χ2v) is 4.30. The summed E-state index contributed by atoms with van der Waals surface area (Å²) < 4.78 is 0. The number of hydrogen-bond donors (Lipinski definition) is 1. The van der Waals surface area contributed by atoms with E-state index >= 15 is 0 Å². The van der Waals surface area contributed by atoms with Crippen molar-refractivity contribution in [2.24, 2.45) is 5.92 Å². The fourth-order valence-electron chi connectivity index (χ4n) is 1.89. The van der Waals surface area contributed by atoms with Crippen LogP contribution in [0.15, 0.2) is 0 Å². The number of carbonyl (C=O) groups is 1. The predicted octanol–water partition coefficient (Wildman–Crippen LogP) is 1.03. The minimum Gasteiger partial charge on any atom is -0.341 e. The van der Waals surface area contributed by atoms with E-state index in [0.29, 0.717) is 17.9 Å². The molecule has 0 aromatic rings. The highest BCUT2D eigenvalue weighted by Gasteiger charge is 2.29. The molecule has 0 bridgehead atoms. The normalized spacial score (nSPS) is 25.6. The lowest BCUT2D eigenvalue weighted by atomic mass is 10.2. The highest BCUT2D eigenvalue weighted by molar-refractivity contribution is 5.85. The number of nitrogens with zero attached hydrogens (tertiary/aromatic N) is 1. The Morgan fingerprint density at radius 3 is 2.64 bits per heavy atom. The third-order valence-electron chi connectivity index (χ3n) is 3.14. The fraction of sp³-hybridized carbons (Fsp3) is 0.900. The number of halogens is 1. The second-order valence-electron chi connectivity index (χ2n) is 4.30. The molecule has 3 nitrogen and oxygen atoms in total. The van der Waals surface area contributed by atoms with E-state index in [4.69, 9.17) is 0 Å². The number of nitrogens with one attached hydrogen (secondary N) is 1. The molecule has 0 unspecified atom stereocenters. The van der Waals surface area contributed by atoms with Crippen LogP contribution in [0.1, 0.15) is 25.7 Å². The lowest BCUT2D eigenvalue weighted by molar-refractivity contribution is -0.132. The van der Waals surface area contributed by atoms with Crippen LogP contribution < -0.4 is 5.32 Å². The summed E-state index contributed by atoms with van der Waals surface area (Å²) in [5.41, 5.74) is 0. The first-order chi connectivity index (χ1) is 6.27. The number of likely N-dealkylation sites (N-methyl/N-ethyl adjacent to an activating group) is 1. The van der Waals surface area contributed by atoms with Crippen molar-refractivity contribution in [1.82, 2.24) is 10.2 Å². The molecule has 82 valence electrons. The molecule has 1 saturated heterocycles. The SMILES string of the molecule is CN(C(=O)CC1CC1)[C@H]1CCNC1.Cl. The third kappa shape index (κ3) is 2.85. The first-order valence-corrected chi connectivity index (χ1v) is 5.24. The van der Waals surface area contributed by atoms with Gasteiger partial charge in [0.25, 0.3) is 0 Å². The molecule has 1 aliphatic carbocycles.